The first-order valence-electron chi connectivity index (χ1n) is 8.75. The number of aliphatic carboxylic acids is 2. The van der Waals surface area contributed by atoms with Gasteiger partial charge in [0.05, 0.1) is 12.1 Å². The molecule has 0 bridgehead atoms. The molecule has 0 aromatic carbocycles. The second-order valence-corrected chi connectivity index (χ2v) is 6.48. The van der Waals surface area contributed by atoms with Gasteiger partial charge in [-0.1, -0.05) is 13.5 Å². The maximum atomic E-state index is 11.2. The van der Waals surface area contributed by atoms with Crippen molar-refractivity contribution in [1.29, 1.82) is 0 Å². The summed E-state index contributed by atoms with van der Waals surface area (Å²) in [5.74, 6) is -1.96. The second-order valence-electron chi connectivity index (χ2n) is 6.48. The van der Waals surface area contributed by atoms with E-state index in [9.17, 15) is 9.59 Å². The number of hydrogen-bond acceptors (Lipinski definition) is 5. The number of nitrogens with one attached hydrogen (secondary N) is 1. The Morgan fingerprint density at radius 2 is 2.00 bits per heavy atom. The Morgan fingerprint density at radius 1 is 1.35 bits per heavy atom. The second kappa shape index (κ2) is 9.91. The molecule has 144 valence electrons. The highest BCUT2D eigenvalue weighted by Gasteiger charge is 2.34. The van der Waals surface area contributed by atoms with E-state index in [-0.39, 0.29) is 31.2 Å². The van der Waals surface area contributed by atoms with E-state index in [1.165, 1.54) is 0 Å². The minimum absolute atomic E-state index is 0.00102. The number of hydrogen-bond donors (Lipinski definition) is 4. The van der Waals surface area contributed by atoms with Crippen LogP contribution in [0.25, 0.3) is 0 Å². The summed E-state index contributed by atoms with van der Waals surface area (Å²) in [7, 11) is 0. The average molecular weight is 363 g/mol. The van der Waals surface area contributed by atoms with E-state index in [4.69, 9.17) is 15.9 Å². The summed E-state index contributed by atoms with van der Waals surface area (Å²) in [6, 6.07) is 0. The summed E-state index contributed by atoms with van der Waals surface area (Å²) in [5.41, 5.74) is 9.57. The van der Waals surface area contributed by atoms with Crippen LogP contribution < -0.4 is 11.1 Å². The lowest BCUT2D eigenvalue weighted by Gasteiger charge is -2.17. The lowest BCUT2D eigenvalue weighted by Crippen LogP contribution is -2.19. The summed E-state index contributed by atoms with van der Waals surface area (Å²) in [4.78, 5) is 26.6. The molecule has 7 heteroatoms. The molecule has 1 aliphatic rings. The van der Waals surface area contributed by atoms with E-state index in [0.29, 0.717) is 18.5 Å². The summed E-state index contributed by atoms with van der Waals surface area (Å²) < 4.78 is 0. The van der Waals surface area contributed by atoms with Gasteiger partial charge >= 0.3 is 11.9 Å². The normalized spacial score (nSPS) is 23.7. The van der Waals surface area contributed by atoms with Gasteiger partial charge in [-0.3, -0.25) is 14.6 Å². The highest BCUT2D eigenvalue weighted by Crippen LogP contribution is 2.38. The van der Waals surface area contributed by atoms with Crippen LogP contribution in [0.15, 0.2) is 40.2 Å². The Kier molecular flexibility index (Phi) is 8.25. The van der Waals surface area contributed by atoms with Crippen LogP contribution in [0.5, 0.6) is 0 Å². The van der Waals surface area contributed by atoms with Gasteiger partial charge in [0.2, 0.25) is 0 Å². The van der Waals surface area contributed by atoms with Crippen LogP contribution in [0.2, 0.25) is 0 Å². The lowest BCUT2D eigenvalue weighted by atomic mass is 9.86. The van der Waals surface area contributed by atoms with Gasteiger partial charge < -0.3 is 21.3 Å². The fraction of sp³-hybridized carbons (Fsp3) is 0.526. The smallest absolute Gasteiger partial charge is 0.307 e. The minimum atomic E-state index is -0.961. The minimum Gasteiger partial charge on any atom is -0.481 e. The number of carboxylic acids is 2. The van der Waals surface area contributed by atoms with Crippen molar-refractivity contribution in [3.63, 3.8) is 0 Å². The molecule has 1 heterocycles. The Morgan fingerprint density at radius 3 is 2.46 bits per heavy atom. The summed E-state index contributed by atoms with van der Waals surface area (Å²) in [6.45, 7) is 10.5. The van der Waals surface area contributed by atoms with E-state index < -0.39 is 11.9 Å². The molecule has 1 aliphatic heterocycles. The van der Waals surface area contributed by atoms with Crippen molar-refractivity contribution in [3.05, 3.63) is 35.2 Å². The monoisotopic (exact) mass is 363 g/mol. The average Bonchev–Trinajstić information content (AvgIpc) is 2.86. The van der Waals surface area contributed by atoms with Crippen LogP contribution in [0.1, 0.15) is 40.0 Å². The first-order chi connectivity index (χ1) is 12.2. The predicted octanol–water partition coefficient (Wildman–Crippen LogP) is 2.32. The third kappa shape index (κ3) is 5.84. The van der Waals surface area contributed by atoms with E-state index in [2.05, 4.69) is 16.9 Å². The molecule has 1 fully saturated rings. The molecular weight excluding hydrogens is 334 g/mol. The van der Waals surface area contributed by atoms with Gasteiger partial charge in [-0.2, -0.15) is 0 Å². The van der Waals surface area contributed by atoms with Gasteiger partial charge in [0, 0.05) is 42.7 Å². The molecule has 0 amide bonds. The topological polar surface area (TPSA) is 125 Å². The van der Waals surface area contributed by atoms with Crippen LogP contribution in [0.4, 0.5) is 0 Å². The van der Waals surface area contributed by atoms with Crippen LogP contribution in [-0.2, 0) is 9.59 Å². The molecule has 2 atom stereocenters. The fourth-order valence-electron chi connectivity index (χ4n) is 3.10. The predicted molar refractivity (Wildman–Crippen MR) is 102 cm³/mol. The molecule has 0 spiro atoms. The van der Waals surface area contributed by atoms with Crippen molar-refractivity contribution in [1.82, 2.24) is 5.32 Å². The number of aliphatic imine (C=N–C) groups is 1. The largest absolute Gasteiger partial charge is 0.481 e. The van der Waals surface area contributed by atoms with Crippen molar-refractivity contribution < 1.29 is 19.8 Å². The van der Waals surface area contributed by atoms with Gasteiger partial charge in [0.25, 0.3) is 0 Å². The first-order valence-corrected chi connectivity index (χ1v) is 8.75. The molecule has 0 aliphatic carbocycles. The zero-order valence-electron chi connectivity index (χ0n) is 15.7. The quantitative estimate of drug-likeness (QED) is 0.466. The van der Waals surface area contributed by atoms with Crippen molar-refractivity contribution in [2.45, 2.75) is 40.0 Å². The summed E-state index contributed by atoms with van der Waals surface area (Å²) in [5, 5.41) is 21.5. The van der Waals surface area contributed by atoms with Crippen LogP contribution in [0, 0.1) is 11.8 Å². The molecule has 0 aromatic rings. The highest BCUT2D eigenvalue weighted by atomic mass is 16.4. The molecule has 0 saturated carbocycles. The number of rotatable bonds is 9. The number of nitrogens with two attached hydrogens (primary N) is 1. The number of allylic oxidation sites excluding steroid dienone is 4. The maximum Gasteiger partial charge on any atom is 0.307 e. The molecule has 0 unspecified atom stereocenters. The summed E-state index contributed by atoms with van der Waals surface area (Å²) in [6.07, 6.45) is 2.16. The van der Waals surface area contributed by atoms with Gasteiger partial charge in [-0.05, 0) is 37.5 Å². The van der Waals surface area contributed by atoms with Gasteiger partial charge in [-0.25, -0.2) is 0 Å². The molecule has 7 nitrogen and oxygen atoms in total. The Labute approximate surface area is 154 Å². The third-order valence-electron chi connectivity index (χ3n) is 4.46. The van der Waals surface area contributed by atoms with Crippen molar-refractivity contribution in [2.75, 3.05) is 13.1 Å². The van der Waals surface area contributed by atoms with E-state index in [0.717, 1.165) is 22.7 Å². The zero-order chi connectivity index (χ0) is 19.9. The van der Waals surface area contributed by atoms with Crippen molar-refractivity contribution in [3.8, 4) is 0 Å². The van der Waals surface area contributed by atoms with Gasteiger partial charge in [-0.15, -0.1) is 0 Å². The van der Waals surface area contributed by atoms with E-state index in [1.807, 2.05) is 26.8 Å². The number of carboxylic acid groups (broad SMARTS) is 2. The molecule has 0 radical (unpaired) electrons. The Balaban J connectivity index is 3.32. The van der Waals surface area contributed by atoms with Crippen molar-refractivity contribution in [2.24, 2.45) is 22.6 Å². The van der Waals surface area contributed by atoms with Crippen LogP contribution in [0.3, 0.4) is 0 Å². The van der Waals surface area contributed by atoms with E-state index in [1.54, 1.807) is 0 Å². The highest BCUT2D eigenvalue weighted by molar-refractivity contribution is 6.08. The maximum absolute atomic E-state index is 11.2. The molecule has 0 aromatic heterocycles. The Hall–Kier alpha value is -2.41. The number of nitrogens with zero attached hydrogens (tertiary/aromatic N) is 1. The standard InChI is InChI=1S/C19H29N3O4/c1-5-21-15(11(2)3)9-16-12(4)14(6-7-17(23)24)19(22-16)13(10-20)8-18(25)26/h9,12,14,22H,2,5-8,10,20H2,1,3-4H3,(H,23,24)(H,25,26)/b16-9?,19-13-,21-15?/t12-,14-/m0/s1. The molecule has 26 heavy (non-hydrogen) atoms. The number of carbonyl (C=O) groups is 2. The lowest BCUT2D eigenvalue weighted by molar-refractivity contribution is -0.138. The van der Waals surface area contributed by atoms with Crippen molar-refractivity contribution >= 4 is 17.7 Å². The zero-order valence-corrected chi connectivity index (χ0v) is 15.7. The Bertz CT molecular complexity index is 662. The molecule has 1 saturated heterocycles. The van der Waals surface area contributed by atoms with Crippen LogP contribution in [-0.4, -0.2) is 41.0 Å². The van der Waals surface area contributed by atoms with Crippen LogP contribution >= 0.6 is 0 Å². The van der Waals surface area contributed by atoms with Gasteiger partial charge in [0.1, 0.15) is 0 Å². The first kappa shape index (κ1) is 21.6. The van der Waals surface area contributed by atoms with Gasteiger partial charge in [0.15, 0.2) is 0 Å². The molecular formula is C19H29N3O4. The SMILES string of the molecule is C=C(C)C(C=C1N/C(=C(\CN)CC(=O)O)[C@@H](CCC(=O)O)[C@@H]1C)=NCC. The summed E-state index contributed by atoms with van der Waals surface area (Å²) >= 11 is 0. The third-order valence-corrected chi connectivity index (χ3v) is 4.46. The molecule has 1 rings (SSSR count). The van der Waals surface area contributed by atoms with E-state index >= 15 is 0 Å². The molecule has 5 N–H and O–H groups in total. The fourth-order valence-corrected chi connectivity index (χ4v) is 3.10.